The van der Waals surface area contributed by atoms with Gasteiger partial charge in [0.25, 0.3) is 15.9 Å². The molecule has 0 unspecified atom stereocenters. The molecular weight excluding hydrogens is 540 g/mol. The Morgan fingerprint density at radius 3 is 1.95 bits per heavy atom. The standard InChI is InChI=1S/C25H23ClN2O9S/c1-34-22-9-4-17(13-21(22)26)28-38(32,33)20-7-5-19(6-8-20)37-14-23(29)27-18-11-15(24(30)35-2)10-16(12-18)25(31)36-3/h4-13,28H,14H2,1-3H3,(H,27,29). The second-order valence-corrected chi connectivity index (χ2v) is 9.63. The highest BCUT2D eigenvalue weighted by Crippen LogP contribution is 2.28. The van der Waals surface area contributed by atoms with Gasteiger partial charge in [0.05, 0.1) is 48.1 Å². The Morgan fingerprint density at radius 1 is 0.816 bits per heavy atom. The van der Waals surface area contributed by atoms with Gasteiger partial charge in [-0.15, -0.1) is 0 Å². The van der Waals surface area contributed by atoms with Crippen molar-refractivity contribution >= 4 is 50.8 Å². The van der Waals surface area contributed by atoms with Crippen molar-refractivity contribution in [3.8, 4) is 11.5 Å². The minimum Gasteiger partial charge on any atom is -0.495 e. The molecule has 3 aromatic carbocycles. The quantitative estimate of drug-likeness (QED) is 0.353. The van der Waals surface area contributed by atoms with Crippen LogP contribution in [0.15, 0.2) is 65.6 Å². The van der Waals surface area contributed by atoms with E-state index in [9.17, 15) is 22.8 Å². The Morgan fingerprint density at radius 2 is 1.42 bits per heavy atom. The van der Waals surface area contributed by atoms with E-state index in [1.165, 1.54) is 82.0 Å². The Labute approximate surface area is 223 Å². The second kappa shape index (κ2) is 12.3. The number of esters is 2. The van der Waals surface area contributed by atoms with Crippen molar-refractivity contribution in [3.05, 3.63) is 76.8 Å². The van der Waals surface area contributed by atoms with Crippen LogP contribution in [0.3, 0.4) is 0 Å². The number of methoxy groups -OCH3 is 3. The first-order valence-corrected chi connectivity index (χ1v) is 12.6. The lowest BCUT2D eigenvalue weighted by atomic mass is 10.1. The largest absolute Gasteiger partial charge is 0.495 e. The SMILES string of the molecule is COC(=O)c1cc(NC(=O)COc2ccc(S(=O)(=O)Nc3ccc(OC)c(Cl)c3)cc2)cc(C(=O)OC)c1. The normalized spacial score (nSPS) is 10.7. The molecular formula is C25H23ClN2O9S. The molecule has 13 heteroatoms. The van der Waals surface area contributed by atoms with Gasteiger partial charge in [-0.25, -0.2) is 18.0 Å². The molecule has 0 heterocycles. The van der Waals surface area contributed by atoms with Crippen molar-refractivity contribution in [3.63, 3.8) is 0 Å². The fourth-order valence-corrected chi connectivity index (χ4v) is 4.48. The van der Waals surface area contributed by atoms with Crippen molar-refractivity contribution in [1.82, 2.24) is 0 Å². The number of amides is 1. The number of carbonyl (C=O) groups excluding carboxylic acids is 3. The van der Waals surface area contributed by atoms with Crippen molar-refractivity contribution in [2.45, 2.75) is 4.90 Å². The van der Waals surface area contributed by atoms with Crippen LogP contribution in [0.1, 0.15) is 20.7 Å². The van der Waals surface area contributed by atoms with Crippen LogP contribution in [0, 0.1) is 0 Å². The molecule has 0 aliphatic heterocycles. The summed E-state index contributed by atoms with van der Waals surface area (Å²) in [5, 5.41) is 2.77. The molecule has 1 amide bonds. The smallest absolute Gasteiger partial charge is 0.337 e. The first kappa shape index (κ1) is 28.3. The second-order valence-electron chi connectivity index (χ2n) is 7.55. The lowest BCUT2D eigenvalue weighted by Crippen LogP contribution is -2.21. The van der Waals surface area contributed by atoms with E-state index in [4.69, 9.17) is 21.1 Å². The van der Waals surface area contributed by atoms with Crippen molar-refractivity contribution in [2.24, 2.45) is 0 Å². The predicted octanol–water partition coefficient (Wildman–Crippen LogP) is 3.74. The van der Waals surface area contributed by atoms with Crippen molar-refractivity contribution < 1.29 is 41.7 Å². The van der Waals surface area contributed by atoms with Gasteiger partial charge in [-0.2, -0.15) is 0 Å². The summed E-state index contributed by atoms with van der Waals surface area (Å²) in [5.74, 6) is -1.38. The van der Waals surface area contributed by atoms with Gasteiger partial charge in [-0.1, -0.05) is 11.6 Å². The minimum atomic E-state index is -3.92. The summed E-state index contributed by atoms with van der Waals surface area (Å²) >= 11 is 6.04. The summed E-state index contributed by atoms with van der Waals surface area (Å²) in [7, 11) is -0.117. The molecule has 0 bridgehead atoms. The van der Waals surface area contributed by atoms with Gasteiger partial charge >= 0.3 is 11.9 Å². The average molecular weight is 563 g/mol. The summed E-state index contributed by atoms with van der Waals surface area (Å²) in [6, 6.07) is 13.8. The van der Waals surface area contributed by atoms with Gasteiger partial charge in [0, 0.05) is 5.69 Å². The molecule has 11 nitrogen and oxygen atoms in total. The van der Waals surface area contributed by atoms with Crippen LogP contribution in [0.5, 0.6) is 11.5 Å². The van der Waals surface area contributed by atoms with Crippen LogP contribution in [-0.2, 0) is 24.3 Å². The van der Waals surface area contributed by atoms with E-state index in [0.717, 1.165) is 0 Å². The molecule has 3 rings (SSSR count). The van der Waals surface area contributed by atoms with Gasteiger partial charge in [0.1, 0.15) is 11.5 Å². The number of sulfonamides is 1. The Kier molecular flexibility index (Phi) is 9.16. The third-order valence-corrected chi connectivity index (χ3v) is 6.66. The molecule has 0 aliphatic carbocycles. The Bertz CT molecular complexity index is 1420. The number of nitrogens with one attached hydrogen (secondary N) is 2. The van der Waals surface area contributed by atoms with E-state index in [0.29, 0.717) is 5.75 Å². The van der Waals surface area contributed by atoms with Crippen LogP contribution in [-0.4, -0.2) is 54.2 Å². The van der Waals surface area contributed by atoms with Crippen LogP contribution < -0.4 is 19.5 Å². The highest BCUT2D eigenvalue weighted by atomic mass is 35.5. The van der Waals surface area contributed by atoms with Crippen LogP contribution in [0.25, 0.3) is 0 Å². The number of hydrogen-bond donors (Lipinski definition) is 2. The molecule has 0 aromatic heterocycles. The van der Waals surface area contributed by atoms with Gasteiger partial charge in [0.15, 0.2) is 6.61 Å². The molecule has 0 fully saturated rings. The fourth-order valence-electron chi connectivity index (χ4n) is 3.18. The van der Waals surface area contributed by atoms with E-state index >= 15 is 0 Å². The highest BCUT2D eigenvalue weighted by molar-refractivity contribution is 7.92. The molecule has 200 valence electrons. The number of ether oxygens (including phenoxy) is 4. The molecule has 3 aromatic rings. The first-order chi connectivity index (χ1) is 18.1. The summed E-state index contributed by atoms with van der Waals surface area (Å²) in [5.41, 5.74) is 0.468. The zero-order chi connectivity index (χ0) is 27.9. The number of hydrogen-bond acceptors (Lipinski definition) is 9. The average Bonchev–Trinajstić information content (AvgIpc) is 2.90. The van der Waals surface area contributed by atoms with Gasteiger partial charge < -0.3 is 24.3 Å². The lowest BCUT2D eigenvalue weighted by Gasteiger charge is -2.12. The summed E-state index contributed by atoms with van der Waals surface area (Å²) in [4.78, 5) is 36.1. The minimum absolute atomic E-state index is 0.0361. The predicted molar refractivity (Wildman–Crippen MR) is 139 cm³/mol. The number of carbonyl (C=O) groups is 3. The maximum absolute atomic E-state index is 12.7. The molecule has 0 spiro atoms. The zero-order valence-corrected chi connectivity index (χ0v) is 22.0. The van der Waals surface area contributed by atoms with E-state index in [-0.39, 0.29) is 38.2 Å². The third kappa shape index (κ3) is 7.14. The van der Waals surface area contributed by atoms with Crippen LogP contribution in [0.4, 0.5) is 11.4 Å². The summed E-state index contributed by atoms with van der Waals surface area (Å²) in [6.45, 7) is -0.440. The lowest BCUT2D eigenvalue weighted by molar-refractivity contribution is -0.118. The van der Waals surface area contributed by atoms with E-state index < -0.39 is 34.5 Å². The molecule has 0 saturated heterocycles. The maximum Gasteiger partial charge on any atom is 0.337 e. The van der Waals surface area contributed by atoms with E-state index in [2.05, 4.69) is 19.5 Å². The summed E-state index contributed by atoms with van der Waals surface area (Å²) < 4.78 is 47.6. The molecule has 0 saturated carbocycles. The fraction of sp³-hybridized carbons (Fsp3) is 0.160. The molecule has 0 radical (unpaired) electrons. The molecule has 2 N–H and O–H groups in total. The summed E-state index contributed by atoms with van der Waals surface area (Å²) in [6.07, 6.45) is 0. The Hall–Kier alpha value is -4.29. The number of benzene rings is 3. The maximum atomic E-state index is 12.7. The topological polar surface area (TPSA) is 146 Å². The van der Waals surface area contributed by atoms with E-state index in [1.54, 1.807) is 0 Å². The third-order valence-electron chi connectivity index (χ3n) is 4.97. The number of anilines is 2. The highest BCUT2D eigenvalue weighted by Gasteiger charge is 2.17. The molecule has 0 aliphatic rings. The van der Waals surface area contributed by atoms with Gasteiger partial charge in [0.2, 0.25) is 0 Å². The van der Waals surface area contributed by atoms with E-state index in [1.807, 2.05) is 0 Å². The number of rotatable bonds is 10. The zero-order valence-electron chi connectivity index (χ0n) is 20.4. The van der Waals surface area contributed by atoms with Crippen LogP contribution in [0.2, 0.25) is 5.02 Å². The van der Waals surface area contributed by atoms with Gasteiger partial charge in [-0.3, -0.25) is 9.52 Å². The number of halogens is 1. The molecule has 0 atom stereocenters. The Balaban J connectivity index is 1.64. The van der Waals surface area contributed by atoms with Gasteiger partial charge in [-0.05, 0) is 60.7 Å². The van der Waals surface area contributed by atoms with Crippen molar-refractivity contribution in [2.75, 3.05) is 38.0 Å². The van der Waals surface area contributed by atoms with Crippen LogP contribution >= 0.6 is 11.6 Å². The van der Waals surface area contributed by atoms with Crippen molar-refractivity contribution in [1.29, 1.82) is 0 Å². The first-order valence-electron chi connectivity index (χ1n) is 10.8. The monoisotopic (exact) mass is 562 g/mol. The molecule has 38 heavy (non-hydrogen) atoms.